The van der Waals surface area contributed by atoms with E-state index in [1.165, 1.54) is 0 Å². The van der Waals surface area contributed by atoms with E-state index in [4.69, 9.17) is 9.05 Å². The van der Waals surface area contributed by atoms with Crippen LogP contribution in [0, 0.1) is 5.92 Å². The molecule has 1 rings (SSSR count). The van der Waals surface area contributed by atoms with Gasteiger partial charge in [-0.05, 0) is 38.0 Å². The maximum Gasteiger partial charge on any atom is 0.349 e. The van der Waals surface area contributed by atoms with Crippen molar-refractivity contribution in [2.75, 3.05) is 19.5 Å². The molecule has 0 bridgehead atoms. The second kappa shape index (κ2) is 12.4. The number of amides is 1. The van der Waals surface area contributed by atoms with E-state index >= 15 is 0 Å². The van der Waals surface area contributed by atoms with Gasteiger partial charge in [0.1, 0.15) is 12.1 Å². The summed E-state index contributed by atoms with van der Waals surface area (Å²) in [6.07, 6.45) is 1.62. The smallest absolute Gasteiger partial charge is 0.344 e. The molecule has 8 heteroatoms. The van der Waals surface area contributed by atoms with Crippen LogP contribution in [0.15, 0.2) is 28.7 Å². The first-order valence-corrected chi connectivity index (χ1v) is 11.8. The van der Waals surface area contributed by atoms with Gasteiger partial charge in [-0.1, -0.05) is 41.4 Å². The van der Waals surface area contributed by atoms with Gasteiger partial charge in [0.05, 0.1) is 13.2 Å². The van der Waals surface area contributed by atoms with Gasteiger partial charge in [-0.25, -0.2) is 0 Å². The molecule has 0 aliphatic carbocycles. The van der Waals surface area contributed by atoms with Crippen molar-refractivity contribution in [3.05, 3.63) is 34.3 Å². The fourth-order valence-corrected chi connectivity index (χ4v) is 4.35. The molecule has 0 aromatic heterocycles. The summed E-state index contributed by atoms with van der Waals surface area (Å²) in [5.41, 5.74) is 0.913. The molecular formula is C19H29BrNO5P. The third-order valence-corrected chi connectivity index (χ3v) is 6.27. The Labute approximate surface area is 170 Å². The summed E-state index contributed by atoms with van der Waals surface area (Å²) in [5, 5.41) is 2.64. The normalized spacial score (nSPS) is 12.6. The average molecular weight is 462 g/mol. The number of rotatable bonds is 13. The Balaban J connectivity index is 2.64. The fourth-order valence-electron chi connectivity index (χ4n) is 2.69. The largest absolute Gasteiger partial charge is 0.349 e. The zero-order chi connectivity index (χ0) is 20.3. The van der Waals surface area contributed by atoms with Gasteiger partial charge in [0.25, 0.3) is 0 Å². The van der Waals surface area contributed by atoms with Gasteiger partial charge in [0.2, 0.25) is 5.91 Å². The third kappa shape index (κ3) is 9.15. The molecule has 0 fully saturated rings. The number of carbonyl (C=O) groups is 2. The minimum Gasteiger partial charge on any atom is -0.344 e. The second-order valence-electron chi connectivity index (χ2n) is 6.18. The highest BCUT2D eigenvalue weighted by Gasteiger charge is 2.27. The Kier molecular flexibility index (Phi) is 11.1. The van der Waals surface area contributed by atoms with Crippen LogP contribution in [0.1, 0.15) is 45.6 Å². The molecule has 1 aromatic rings. The summed E-state index contributed by atoms with van der Waals surface area (Å²) >= 11 is 3.37. The van der Waals surface area contributed by atoms with Crippen LogP contribution in [0.5, 0.6) is 0 Å². The van der Waals surface area contributed by atoms with Crippen molar-refractivity contribution in [2.45, 2.75) is 46.5 Å². The summed E-state index contributed by atoms with van der Waals surface area (Å²) in [7, 11) is -3.35. The van der Waals surface area contributed by atoms with Gasteiger partial charge >= 0.3 is 7.60 Å². The van der Waals surface area contributed by atoms with E-state index in [1.807, 2.05) is 31.2 Å². The van der Waals surface area contributed by atoms with Crippen molar-refractivity contribution >= 4 is 35.2 Å². The van der Waals surface area contributed by atoms with Crippen molar-refractivity contribution in [1.82, 2.24) is 5.32 Å². The Bertz CT molecular complexity index is 640. The highest BCUT2D eigenvalue weighted by Crippen LogP contribution is 2.46. The van der Waals surface area contributed by atoms with Gasteiger partial charge in [-0.3, -0.25) is 14.2 Å². The predicted molar refractivity (Wildman–Crippen MR) is 110 cm³/mol. The number of hydrogen-bond donors (Lipinski definition) is 1. The van der Waals surface area contributed by atoms with Gasteiger partial charge in [-0.2, -0.15) is 0 Å². The predicted octanol–water partition coefficient (Wildman–Crippen LogP) is 4.71. The van der Waals surface area contributed by atoms with E-state index in [2.05, 4.69) is 21.2 Å². The third-order valence-electron chi connectivity index (χ3n) is 3.90. The van der Waals surface area contributed by atoms with Gasteiger partial charge in [-0.15, -0.1) is 0 Å². The molecule has 27 heavy (non-hydrogen) atoms. The number of ketones is 1. The minimum atomic E-state index is -3.35. The van der Waals surface area contributed by atoms with Crippen molar-refractivity contribution in [1.29, 1.82) is 0 Å². The van der Waals surface area contributed by atoms with Crippen molar-refractivity contribution < 1.29 is 23.2 Å². The zero-order valence-corrected chi connectivity index (χ0v) is 18.7. The molecule has 0 saturated carbocycles. The van der Waals surface area contributed by atoms with E-state index in [0.717, 1.165) is 16.5 Å². The summed E-state index contributed by atoms with van der Waals surface area (Å²) < 4.78 is 23.8. The molecule has 1 aromatic carbocycles. The minimum absolute atomic E-state index is 0.00345. The Morgan fingerprint density at radius 1 is 1.11 bits per heavy atom. The van der Waals surface area contributed by atoms with Crippen LogP contribution in [0.25, 0.3) is 0 Å². The van der Waals surface area contributed by atoms with Gasteiger partial charge < -0.3 is 14.4 Å². The molecule has 0 heterocycles. The molecule has 152 valence electrons. The van der Waals surface area contributed by atoms with Gasteiger partial charge in [0, 0.05) is 23.2 Å². The molecule has 0 aliphatic rings. The molecule has 0 spiro atoms. The molecule has 1 amide bonds. The van der Waals surface area contributed by atoms with Crippen LogP contribution in [-0.2, 0) is 29.6 Å². The molecule has 0 radical (unpaired) electrons. The van der Waals surface area contributed by atoms with E-state index < -0.39 is 13.5 Å². The first kappa shape index (κ1) is 24.0. The Morgan fingerprint density at radius 2 is 1.70 bits per heavy atom. The lowest BCUT2D eigenvalue weighted by atomic mass is 9.94. The van der Waals surface area contributed by atoms with E-state index in [1.54, 1.807) is 13.8 Å². The number of nitrogens with one attached hydrogen (secondary N) is 1. The maximum atomic E-state index is 12.5. The lowest BCUT2D eigenvalue weighted by molar-refractivity contribution is -0.129. The topological polar surface area (TPSA) is 81.7 Å². The van der Waals surface area contributed by atoms with Crippen LogP contribution >= 0.6 is 23.5 Å². The number of Topliss-reactive ketones (excluding diaryl/α,β-unsaturated/α-hetero) is 1. The summed E-state index contributed by atoms with van der Waals surface area (Å²) in [6.45, 7) is 5.86. The van der Waals surface area contributed by atoms with Crippen molar-refractivity contribution in [3.63, 3.8) is 0 Å². The Morgan fingerprint density at radius 3 is 2.22 bits per heavy atom. The number of carbonyl (C=O) groups excluding carboxylic acids is 2. The molecular weight excluding hydrogens is 433 g/mol. The van der Waals surface area contributed by atoms with E-state index in [0.29, 0.717) is 6.42 Å². The number of benzene rings is 1. The first-order valence-electron chi connectivity index (χ1n) is 9.25. The standard InChI is InChI=1S/C19H29BrNO5P/c1-4-7-16(13-18(22)12-15-8-10-17(20)11-9-15)19(23)21-14-27(24,25-5-2)26-6-3/h8-11,16H,4-7,12-14H2,1-3H3,(H,21,23)/t16-/m1/s1. The van der Waals surface area contributed by atoms with Crippen molar-refractivity contribution in [2.24, 2.45) is 5.92 Å². The maximum absolute atomic E-state index is 12.5. The lowest BCUT2D eigenvalue weighted by Crippen LogP contribution is -2.33. The summed E-state index contributed by atoms with van der Waals surface area (Å²) in [6, 6.07) is 7.55. The summed E-state index contributed by atoms with van der Waals surface area (Å²) in [4.78, 5) is 24.9. The number of hydrogen-bond acceptors (Lipinski definition) is 5. The monoisotopic (exact) mass is 461 g/mol. The lowest BCUT2D eigenvalue weighted by Gasteiger charge is -2.20. The molecule has 1 N–H and O–H groups in total. The first-order chi connectivity index (χ1) is 12.8. The summed E-state index contributed by atoms with van der Waals surface area (Å²) in [5.74, 6) is -0.737. The van der Waals surface area contributed by atoms with Crippen LogP contribution in [0.4, 0.5) is 0 Å². The SMILES string of the molecule is CCC[C@H](CC(=O)Cc1ccc(Br)cc1)C(=O)NCP(=O)(OCC)OCC. The molecule has 0 aliphatic heterocycles. The Hall–Kier alpha value is -1.01. The highest BCUT2D eigenvalue weighted by atomic mass is 79.9. The van der Waals surface area contributed by atoms with Crippen LogP contribution < -0.4 is 5.32 Å². The average Bonchev–Trinajstić information content (AvgIpc) is 2.62. The van der Waals surface area contributed by atoms with Crippen LogP contribution in [0.3, 0.4) is 0 Å². The zero-order valence-electron chi connectivity index (χ0n) is 16.2. The molecule has 1 atom stereocenters. The van der Waals surface area contributed by atoms with Crippen LogP contribution in [-0.4, -0.2) is 31.2 Å². The van der Waals surface area contributed by atoms with Gasteiger partial charge in [0.15, 0.2) is 0 Å². The van der Waals surface area contributed by atoms with Crippen molar-refractivity contribution in [3.8, 4) is 0 Å². The number of halogens is 1. The molecule has 0 saturated heterocycles. The van der Waals surface area contributed by atoms with E-state index in [9.17, 15) is 14.2 Å². The second-order valence-corrected chi connectivity index (χ2v) is 9.15. The fraction of sp³-hybridized carbons (Fsp3) is 0.579. The van der Waals surface area contributed by atoms with E-state index in [-0.39, 0.29) is 44.0 Å². The quantitative estimate of drug-likeness (QED) is 0.430. The molecule has 0 unspecified atom stereocenters. The highest BCUT2D eigenvalue weighted by molar-refractivity contribution is 9.10. The molecule has 6 nitrogen and oxygen atoms in total. The van der Waals surface area contributed by atoms with Crippen LogP contribution in [0.2, 0.25) is 0 Å².